The van der Waals surface area contributed by atoms with Gasteiger partial charge in [-0.2, -0.15) is 0 Å². The summed E-state index contributed by atoms with van der Waals surface area (Å²) in [5, 5.41) is 3.13. The van der Waals surface area contributed by atoms with Gasteiger partial charge in [-0.15, -0.1) is 0 Å². The highest BCUT2D eigenvalue weighted by Crippen LogP contribution is 2.37. The summed E-state index contributed by atoms with van der Waals surface area (Å²) in [5.41, 5.74) is 2.53. The second kappa shape index (κ2) is 3.89. The third kappa shape index (κ3) is 1.70. The predicted molar refractivity (Wildman–Crippen MR) is 62.4 cm³/mol. The van der Waals surface area contributed by atoms with E-state index in [4.69, 9.17) is 0 Å². The number of fused-ring (bicyclic) bond motifs is 1. The Labute approximate surface area is 94.6 Å². The lowest BCUT2D eigenvalue weighted by molar-refractivity contribution is 0.536. The smallest absolute Gasteiger partial charge is 0.123 e. The molecule has 0 amide bonds. The summed E-state index contributed by atoms with van der Waals surface area (Å²) < 4.78 is 13.1. The van der Waals surface area contributed by atoms with E-state index in [1.165, 1.54) is 11.1 Å². The number of nitrogens with one attached hydrogen (secondary N) is 1. The summed E-state index contributed by atoms with van der Waals surface area (Å²) in [6.07, 6.45) is 5.04. The Morgan fingerprint density at radius 1 is 1.44 bits per heavy atom. The van der Waals surface area contributed by atoms with Crippen LogP contribution in [-0.4, -0.2) is 18.9 Å². The molecule has 0 bridgehead atoms. The van der Waals surface area contributed by atoms with Crippen LogP contribution in [0.2, 0.25) is 0 Å². The first-order valence-electron chi connectivity index (χ1n) is 5.86. The average molecular weight is 218 g/mol. The lowest BCUT2D eigenvalue weighted by Gasteiger charge is -2.14. The molecular formula is C13H15FN2. The van der Waals surface area contributed by atoms with Gasteiger partial charge in [0, 0.05) is 6.54 Å². The molecular weight excluding hydrogens is 203 g/mol. The van der Waals surface area contributed by atoms with Crippen molar-refractivity contribution in [3.05, 3.63) is 35.1 Å². The Kier molecular flexibility index (Phi) is 2.39. The summed E-state index contributed by atoms with van der Waals surface area (Å²) in [6, 6.07) is 5.62. The number of aryl methyl sites for hydroxylation is 1. The zero-order valence-corrected chi connectivity index (χ0v) is 9.12. The molecule has 3 rings (SSSR count). The van der Waals surface area contributed by atoms with Gasteiger partial charge in [-0.05, 0) is 48.4 Å². The van der Waals surface area contributed by atoms with Crippen LogP contribution in [0.4, 0.5) is 4.39 Å². The van der Waals surface area contributed by atoms with Crippen LogP contribution in [0.1, 0.15) is 29.9 Å². The molecule has 2 aliphatic rings. The molecule has 0 aromatic heterocycles. The van der Waals surface area contributed by atoms with E-state index >= 15 is 0 Å². The van der Waals surface area contributed by atoms with Crippen molar-refractivity contribution in [1.29, 1.82) is 0 Å². The van der Waals surface area contributed by atoms with Crippen LogP contribution < -0.4 is 5.32 Å². The van der Waals surface area contributed by atoms with E-state index in [-0.39, 0.29) is 5.82 Å². The molecule has 1 aromatic rings. The molecule has 1 N–H and O–H groups in total. The highest BCUT2D eigenvalue weighted by molar-refractivity contribution is 5.57. The van der Waals surface area contributed by atoms with Crippen LogP contribution in [0.25, 0.3) is 0 Å². The number of aliphatic imine (C=N–C) groups is 1. The summed E-state index contributed by atoms with van der Waals surface area (Å²) in [5.74, 6) is 0.456. The van der Waals surface area contributed by atoms with Gasteiger partial charge in [0.05, 0.1) is 12.4 Å². The second-order valence-electron chi connectivity index (χ2n) is 4.65. The molecule has 84 valence electrons. The Hall–Kier alpha value is -1.38. The van der Waals surface area contributed by atoms with Crippen molar-refractivity contribution in [1.82, 2.24) is 5.32 Å². The quantitative estimate of drug-likeness (QED) is 0.809. The maximum Gasteiger partial charge on any atom is 0.123 e. The van der Waals surface area contributed by atoms with Crippen molar-refractivity contribution in [2.24, 2.45) is 4.99 Å². The highest BCUT2D eigenvalue weighted by atomic mass is 19.1. The van der Waals surface area contributed by atoms with Gasteiger partial charge in [0.1, 0.15) is 5.82 Å². The molecule has 0 saturated carbocycles. The first-order chi connectivity index (χ1) is 7.83. The van der Waals surface area contributed by atoms with Crippen molar-refractivity contribution >= 4 is 6.34 Å². The molecule has 0 saturated heterocycles. The minimum Gasteiger partial charge on any atom is -0.374 e. The van der Waals surface area contributed by atoms with Gasteiger partial charge in [0.15, 0.2) is 0 Å². The third-order valence-electron chi connectivity index (χ3n) is 3.59. The summed E-state index contributed by atoms with van der Waals surface area (Å²) in [6.45, 7) is 0.951. The Bertz CT molecular complexity index is 428. The van der Waals surface area contributed by atoms with Gasteiger partial charge in [0.25, 0.3) is 0 Å². The van der Waals surface area contributed by atoms with E-state index in [1.54, 1.807) is 18.5 Å². The fraction of sp³-hybridized carbons (Fsp3) is 0.462. The van der Waals surface area contributed by atoms with E-state index in [0.717, 1.165) is 25.8 Å². The van der Waals surface area contributed by atoms with Gasteiger partial charge in [-0.1, -0.05) is 6.07 Å². The van der Waals surface area contributed by atoms with E-state index in [2.05, 4.69) is 10.3 Å². The SMILES string of the molecule is Fc1ccc2c(c1)CC[C@H]2CC1CNC=N1. The molecule has 0 radical (unpaired) electrons. The molecule has 2 nitrogen and oxygen atoms in total. The van der Waals surface area contributed by atoms with Gasteiger partial charge < -0.3 is 5.32 Å². The van der Waals surface area contributed by atoms with Crippen LogP contribution in [0.15, 0.2) is 23.2 Å². The molecule has 1 aliphatic heterocycles. The maximum atomic E-state index is 13.1. The van der Waals surface area contributed by atoms with Gasteiger partial charge in [-0.25, -0.2) is 4.39 Å². The van der Waals surface area contributed by atoms with E-state index in [0.29, 0.717) is 12.0 Å². The summed E-state index contributed by atoms with van der Waals surface area (Å²) in [4.78, 5) is 4.38. The summed E-state index contributed by atoms with van der Waals surface area (Å²) >= 11 is 0. The van der Waals surface area contributed by atoms with Crippen molar-refractivity contribution in [2.45, 2.75) is 31.2 Å². The van der Waals surface area contributed by atoms with Crippen LogP contribution in [0.3, 0.4) is 0 Å². The second-order valence-corrected chi connectivity index (χ2v) is 4.65. The van der Waals surface area contributed by atoms with Crippen molar-refractivity contribution in [2.75, 3.05) is 6.54 Å². The van der Waals surface area contributed by atoms with Gasteiger partial charge >= 0.3 is 0 Å². The average Bonchev–Trinajstić information content (AvgIpc) is 2.89. The molecule has 2 atom stereocenters. The molecule has 1 aromatic carbocycles. The zero-order chi connectivity index (χ0) is 11.0. The molecule has 0 spiro atoms. The van der Waals surface area contributed by atoms with Crippen molar-refractivity contribution < 1.29 is 4.39 Å². The highest BCUT2D eigenvalue weighted by Gasteiger charge is 2.26. The lowest BCUT2D eigenvalue weighted by atomic mass is 9.94. The maximum absolute atomic E-state index is 13.1. The number of rotatable bonds is 2. The standard InChI is InChI=1S/C13H15FN2/c14-11-3-4-13-9(5-11)1-2-10(13)6-12-7-15-8-16-12/h3-5,8,10,12H,1-2,6-7H2,(H,15,16)/t10-,12?/m0/s1. The molecule has 1 heterocycles. The Balaban J connectivity index is 1.78. The lowest BCUT2D eigenvalue weighted by Crippen LogP contribution is -2.17. The normalized spacial score (nSPS) is 26.8. The molecule has 1 aliphatic carbocycles. The van der Waals surface area contributed by atoms with Crippen LogP contribution in [0, 0.1) is 5.82 Å². The predicted octanol–water partition coefficient (Wildman–Crippen LogP) is 2.25. The van der Waals surface area contributed by atoms with Gasteiger partial charge in [-0.3, -0.25) is 4.99 Å². The molecule has 16 heavy (non-hydrogen) atoms. The molecule has 1 unspecified atom stereocenters. The summed E-state index contributed by atoms with van der Waals surface area (Å²) in [7, 11) is 0. The number of nitrogens with zero attached hydrogens (tertiary/aromatic N) is 1. The largest absolute Gasteiger partial charge is 0.374 e. The third-order valence-corrected chi connectivity index (χ3v) is 3.59. The Morgan fingerprint density at radius 2 is 2.38 bits per heavy atom. The Morgan fingerprint density at radius 3 is 3.19 bits per heavy atom. The van der Waals surface area contributed by atoms with Crippen LogP contribution in [0.5, 0.6) is 0 Å². The van der Waals surface area contributed by atoms with Crippen molar-refractivity contribution in [3.8, 4) is 0 Å². The molecule has 3 heteroatoms. The number of benzene rings is 1. The first-order valence-corrected chi connectivity index (χ1v) is 5.86. The number of hydrogen-bond donors (Lipinski definition) is 1. The number of halogens is 1. The zero-order valence-electron chi connectivity index (χ0n) is 9.12. The van der Waals surface area contributed by atoms with E-state index in [9.17, 15) is 4.39 Å². The topological polar surface area (TPSA) is 24.4 Å². The minimum atomic E-state index is -0.111. The van der Waals surface area contributed by atoms with E-state index < -0.39 is 0 Å². The monoisotopic (exact) mass is 218 g/mol. The first kappa shape index (κ1) is 9.82. The molecule has 0 fully saturated rings. The van der Waals surface area contributed by atoms with Gasteiger partial charge in [0.2, 0.25) is 0 Å². The van der Waals surface area contributed by atoms with Crippen molar-refractivity contribution in [3.63, 3.8) is 0 Å². The minimum absolute atomic E-state index is 0.111. The van der Waals surface area contributed by atoms with Crippen LogP contribution in [-0.2, 0) is 6.42 Å². The van der Waals surface area contributed by atoms with E-state index in [1.807, 2.05) is 6.07 Å². The fourth-order valence-corrected chi connectivity index (χ4v) is 2.79. The fourth-order valence-electron chi connectivity index (χ4n) is 2.79. The number of hydrogen-bond acceptors (Lipinski definition) is 2. The van der Waals surface area contributed by atoms with Crippen LogP contribution >= 0.6 is 0 Å².